The summed E-state index contributed by atoms with van der Waals surface area (Å²) < 4.78 is 0.719. The van der Waals surface area contributed by atoms with Crippen LogP contribution >= 0.6 is 22.9 Å². The number of phenolic OH excluding ortho intramolecular Hbond substituents is 1. The molecule has 0 radical (unpaired) electrons. The Morgan fingerprint density at radius 1 is 1.06 bits per heavy atom. The molecule has 0 unspecified atom stereocenters. The van der Waals surface area contributed by atoms with Gasteiger partial charge in [-0.15, -0.1) is 11.3 Å². The Morgan fingerprint density at radius 2 is 1.82 bits per heavy atom. The van der Waals surface area contributed by atoms with Crippen molar-refractivity contribution in [1.29, 1.82) is 0 Å². The molecule has 1 aromatic carbocycles. The van der Waals surface area contributed by atoms with E-state index in [1.54, 1.807) is 30.5 Å². The largest absolute Gasteiger partial charge is 0.507 e. The maximum absolute atomic E-state index is 9.47. The van der Waals surface area contributed by atoms with Crippen molar-refractivity contribution in [3.8, 4) is 5.75 Å². The molecule has 0 bridgehead atoms. The quantitative estimate of drug-likeness (QED) is 0.669. The van der Waals surface area contributed by atoms with Gasteiger partial charge in [0.25, 0.3) is 0 Å². The van der Waals surface area contributed by atoms with E-state index in [9.17, 15) is 5.11 Å². The molecule has 2 rings (SSSR count). The Balaban J connectivity index is 2.03. The number of halogens is 1. The van der Waals surface area contributed by atoms with Gasteiger partial charge in [0.1, 0.15) is 5.75 Å². The highest BCUT2D eigenvalue weighted by Crippen LogP contribution is 2.19. The van der Waals surface area contributed by atoms with E-state index >= 15 is 0 Å². The molecule has 0 amide bonds. The van der Waals surface area contributed by atoms with Crippen LogP contribution in [0.25, 0.3) is 0 Å². The van der Waals surface area contributed by atoms with Crippen LogP contribution in [0, 0.1) is 0 Å². The standard InChI is InChI=1S/C12H9ClN2OS/c13-12-6-5-10(17-12)8-15-14-7-9-3-1-2-4-11(9)16/h1-8,16H/b14-7+,15-8-. The number of nitrogens with zero attached hydrogens (tertiary/aromatic N) is 2. The summed E-state index contributed by atoms with van der Waals surface area (Å²) in [6.45, 7) is 0. The number of phenols is 1. The summed E-state index contributed by atoms with van der Waals surface area (Å²) in [5.41, 5.74) is 0.633. The zero-order valence-electron chi connectivity index (χ0n) is 8.75. The van der Waals surface area contributed by atoms with Gasteiger partial charge in [-0.1, -0.05) is 23.7 Å². The second-order valence-electron chi connectivity index (χ2n) is 3.19. The zero-order chi connectivity index (χ0) is 12.1. The fraction of sp³-hybridized carbons (Fsp3) is 0. The van der Waals surface area contributed by atoms with Crippen LogP contribution in [0.2, 0.25) is 4.34 Å². The number of para-hydroxylation sites is 1. The van der Waals surface area contributed by atoms with Crippen LogP contribution in [0.1, 0.15) is 10.4 Å². The molecule has 1 heterocycles. The molecule has 0 aliphatic rings. The van der Waals surface area contributed by atoms with Crippen molar-refractivity contribution in [3.05, 3.63) is 51.2 Å². The number of hydrogen-bond donors (Lipinski definition) is 1. The summed E-state index contributed by atoms with van der Waals surface area (Å²) >= 11 is 7.21. The first-order valence-corrected chi connectivity index (χ1v) is 6.05. The van der Waals surface area contributed by atoms with Crippen LogP contribution in [0.5, 0.6) is 5.75 Å². The lowest BCUT2D eigenvalue weighted by Crippen LogP contribution is -1.80. The molecular formula is C12H9ClN2OS. The van der Waals surface area contributed by atoms with E-state index in [-0.39, 0.29) is 5.75 Å². The Bertz CT molecular complexity index is 563. The summed E-state index contributed by atoms with van der Waals surface area (Å²) in [5, 5.41) is 17.2. The van der Waals surface area contributed by atoms with Gasteiger partial charge >= 0.3 is 0 Å². The van der Waals surface area contributed by atoms with Crippen molar-refractivity contribution >= 4 is 35.4 Å². The summed E-state index contributed by atoms with van der Waals surface area (Å²) in [6.07, 6.45) is 3.12. The van der Waals surface area contributed by atoms with E-state index in [4.69, 9.17) is 11.6 Å². The Hall–Kier alpha value is -1.65. The van der Waals surface area contributed by atoms with E-state index in [0.29, 0.717) is 5.56 Å². The smallest absolute Gasteiger partial charge is 0.124 e. The van der Waals surface area contributed by atoms with E-state index in [1.807, 2.05) is 12.1 Å². The Labute approximate surface area is 108 Å². The highest BCUT2D eigenvalue weighted by molar-refractivity contribution is 7.17. The van der Waals surface area contributed by atoms with Crippen LogP contribution in [-0.2, 0) is 0 Å². The average molecular weight is 265 g/mol. The third kappa shape index (κ3) is 3.41. The number of hydrogen-bond acceptors (Lipinski definition) is 4. The van der Waals surface area contributed by atoms with Crippen LogP contribution in [-0.4, -0.2) is 17.5 Å². The van der Waals surface area contributed by atoms with Gasteiger partial charge in [-0.2, -0.15) is 10.2 Å². The predicted octanol–water partition coefficient (Wildman–Crippen LogP) is 3.56. The van der Waals surface area contributed by atoms with Crippen molar-refractivity contribution in [2.45, 2.75) is 0 Å². The highest BCUT2D eigenvalue weighted by Gasteiger charge is 1.94. The minimum atomic E-state index is 0.186. The fourth-order valence-electron chi connectivity index (χ4n) is 1.18. The van der Waals surface area contributed by atoms with Gasteiger partial charge in [-0.25, -0.2) is 0 Å². The van der Waals surface area contributed by atoms with Gasteiger partial charge in [0.05, 0.1) is 16.8 Å². The highest BCUT2D eigenvalue weighted by atomic mass is 35.5. The summed E-state index contributed by atoms with van der Waals surface area (Å²) in [4.78, 5) is 0.935. The average Bonchev–Trinajstić information content (AvgIpc) is 2.73. The lowest BCUT2D eigenvalue weighted by atomic mass is 10.2. The van der Waals surface area contributed by atoms with E-state index < -0.39 is 0 Å². The molecule has 0 atom stereocenters. The molecule has 17 heavy (non-hydrogen) atoms. The summed E-state index contributed by atoms with van der Waals surface area (Å²) in [6, 6.07) is 10.6. The van der Waals surface area contributed by atoms with Gasteiger partial charge in [0.15, 0.2) is 0 Å². The SMILES string of the molecule is Oc1ccccc1/C=N/N=C\c1ccc(Cl)s1. The lowest BCUT2D eigenvalue weighted by Gasteiger charge is -1.94. The molecule has 0 spiro atoms. The molecule has 0 saturated carbocycles. The van der Waals surface area contributed by atoms with Gasteiger partial charge < -0.3 is 5.11 Å². The molecule has 3 nitrogen and oxygen atoms in total. The Kier molecular flexibility index (Phi) is 3.90. The topological polar surface area (TPSA) is 45.0 Å². The maximum atomic E-state index is 9.47. The van der Waals surface area contributed by atoms with E-state index in [2.05, 4.69) is 10.2 Å². The summed E-state index contributed by atoms with van der Waals surface area (Å²) in [5.74, 6) is 0.186. The third-order valence-electron chi connectivity index (χ3n) is 1.98. The minimum absolute atomic E-state index is 0.186. The normalized spacial score (nSPS) is 11.6. The fourth-order valence-corrected chi connectivity index (χ4v) is 2.11. The summed E-state index contributed by atoms with van der Waals surface area (Å²) in [7, 11) is 0. The molecule has 0 saturated heterocycles. The van der Waals surface area contributed by atoms with Crippen LogP contribution in [0.3, 0.4) is 0 Å². The molecule has 1 N–H and O–H groups in total. The first kappa shape index (κ1) is 11.8. The predicted molar refractivity (Wildman–Crippen MR) is 72.6 cm³/mol. The molecule has 1 aromatic heterocycles. The van der Waals surface area contributed by atoms with Crippen LogP contribution in [0.4, 0.5) is 0 Å². The number of rotatable bonds is 3. The van der Waals surface area contributed by atoms with Crippen molar-refractivity contribution < 1.29 is 5.11 Å². The monoisotopic (exact) mass is 264 g/mol. The number of thiophene rings is 1. The van der Waals surface area contributed by atoms with Crippen molar-refractivity contribution in [2.24, 2.45) is 10.2 Å². The number of aromatic hydroxyl groups is 1. The first-order valence-electron chi connectivity index (χ1n) is 4.85. The third-order valence-corrected chi connectivity index (χ3v) is 3.14. The van der Waals surface area contributed by atoms with Crippen molar-refractivity contribution in [2.75, 3.05) is 0 Å². The van der Waals surface area contributed by atoms with Crippen molar-refractivity contribution in [1.82, 2.24) is 0 Å². The van der Waals surface area contributed by atoms with Gasteiger partial charge in [0, 0.05) is 10.4 Å². The minimum Gasteiger partial charge on any atom is -0.507 e. The molecule has 0 fully saturated rings. The van der Waals surface area contributed by atoms with Gasteiger partial charge in [-0.3, -0.25) is 0 Å². The number of benzene rings is 1. The molecular weight excluding hydrogens is 256 g/mol. The molecule has 86 valence electrons. The maximum Gasteiger partial charge on any atom is 0.124 e. The van der Waals surface area contributed by atoms with Crippen LogP contribution < -0.4 is 0 Å². The van der Waals surface area contributed by atoms with Gasteiger partial charge in [0.2, 0.25) is 0 Å². The second kappa shape index (κ2) is 5.61. The van der Waals surface area contributed by atoms with Crippen LogP contribution in [0.15, 0.2) is 46.6 Å². The van der Waals surface area contributed by atoms with E-state index in [1.165, 1.54) is 17.6 Å². The van der Waals surface area contributed by atoms with Crippen molar-refractivity contribution in [3.63, 3.8) is 0 Å². The lowest BCUT2D eigenvalue weighted by molar-refractivity contribution is 0.474. The van der Waals surface area contributed by atoms with Gasteiger partial charge in [-0.05, 0) is 24.3 Å². The van der Waals surface area contributed by atoms with E-state index in [0.717, 1.165) is 9.21 Å². The molecule has 5 heteroatoms. The first-order chi connectivity index (χ1) is 8.25. The molecule has 0 aliphatic heterocycles. The Morgan fingerprint density at radius 3 is 2.53 bits per heavy atom. The molecule has 2 aromatic rings. The second-order valence-corrected chi connectivity index (χ2v) is 4.94. The zero-order valence-corrected chi connectivity index (χ0v) is 10.3. The molecule has 0 aliphatic carbocycles.